The van der Waals surface area contributed by atoms with Crippen molar-refractivity contribution in [3.05, 3.63) is 42.3 Å². The van der Waals surface area contributed by atoms with Crippen LogP contribution in [-0.2, 0) is 0 Å². The number of pyridine rings is 1. The van der Waals surface area contributed by atoms with Gasteiger partial charge in [-0.3, -0.25) is 4.98 Å². The highest BCUT2D eigenvalue weighted by Gasteiger charge is 2.16. The van der Waals surface area contributed by atoms with E-state index in [1.54, 1.807) is 18.3 Å². The van der Waals surface area contributed by atoms with Crippen LogP contribution in [0.2, 0.25) is 0 Å². The molecule has 0 aliphatic heterocycles. The molecule has 0 spiro atoms. The molecule has 3 rings (SSSR count). The number of nitrogens with zero attached hydrogens (tertiary/aromatic N) is 2. The molecule has 21 heavy (non-hydrogen) atoms. The highest BCUT2D eigenvalue weighted by molar-refractivity contribution is 5.97. The van der Waals surface area contributed by atoms with E-state index in [1.165, 1.54) is 6.07 Å². The number of carbonyl (C=O) groups is 1. The van der Waals surface area contributed by atoms with E-state index >= 15 is 0 Å². The zero-order valence-electron chi connectivity index (χ0n) is 11.2. The van der Waals surface area contributed by atoms with E-state index < -0.39 is 5.97 Å². The van der Waals surface area contributed by atoms with Gasteiger partial charge in [-0.2, -0.15) is 0 Å². The van der Waals surface area contributed by atoms with Gasteiger partial charge in [-0.1, -0.05) is 11.2 Å². The molecule has 0 saturated carbocycles. The summed E-state index contributed by atoms with van der Waals surface area (Å²) in [5.41, 5.74) is 1.91. The van der Waals surface area contributed by atoms with Crippen molar-refractivity contribution in [1.29, 1.82) is 0 Å². The Morgan fingerprint density at radius 2 is 2.24 bits per heavy atom. The smallest absolute Gasteiger partial charge is 0.374 e. The van der Waals surface area contributed by atoms with E-state index in [-0.39, 0.29) is 5.76 Å². The van der Waals surface area contributed by atoms with Crippen LogP contribution in [0.3, 0.4) is 0 Å². The zero-order chi connectivity index (χ0) is 14.8. The van der Waals surface area contributed by atoms with E-state index in [2.05, 4.69) is 10.1 Å². The molecule has 2 heterocycles. The van der Waals surface area contributed by atoms with Crippen LogP contribution in [-0.4, -0.2) is 27.8 Å². The monoisotopic (exact) mass is 284 g/mol. The maximum atomic E-state index is 10.9. The van der Waals surface area contributed by atoms with Crippen molar-refractivity contribution < 1.29 is 19.2 Å². The predicted molar refractivity (Wildman–Crippen MR) is 75.4 cm³/mol. The Kier molecular flexibility index (Phi) is 3.27. The highest BCUT2D eigenvalue weighted by Crippen LogP contribution is 2.32. The fourth-order valence-corrected chi connectivity index (χ4v) is 2.14. The van der Waals surface area contributed by atoms with Crippen LogP contribution >= 0.6 is 0 Å². The summed E-state index contributed by atoms with van der Waals surface area (Å²) in [6.45, 7) is 2.44. The van der Waals surface area contributed by atoms with Gasteiger partial charge in [0, 0.05) is 23.2 Å². The van der Waals surface area contributed by atoms with Crippen molar-refractivity contribution in [1.82, 2.24) is 10.1 Å². The van der Waals surface area contributed by atoms with Gasteiger partial charge in [0.1, 0.15) is 17.0 Å². The maximum Gasteiger partial charge on any atom is 0.374 e. The van der Waals surface area contributed by atoms with Crippen LogP contribution in [0, 0.1) is 0 Å². The summed E-state index contributed by atoms with van der Waals surface area (Å²) in [6.07, 6.45) is 1.68. The Balaban J connectivity index is 2.18. The van der Waals surface area contributed by atoms with Gasteiger partial charge in [-0.25, -0.2) is 4.79 Å². The van der Waals surface area contributed by atoms with Crippen molar-refractivity contribution in [2.24, 2.45) is 0 Å². The lowest BCUT2D eigenvalue weighted by Crippen LogP contribution is -1.94. The average Bonchev–Trinajstić information content (AvgIpc) is 2.98. The van der Waals surface area contributed by atoms with E-state index in [9.17, 15) is 4.79 Å². The number of carboxylic acids is 1. The Labute approximate surface area is 120 Å². The molecular weight excluding hydrogens is 272 g/mol. The van der Waals surface area contributed by atoms with E-state index in [0.29, 0.717) is 23.6 Å². The Morgan fingerprint density at radius 3 is 2.95 bits per heavy atom. The number of hydrogen-bond donors (Lipinski definition) is 1. The largest absolute Gasteiger partial charge is 0.492 e. The molecule has 0 saturated heterocycles. The molecule has 0 atom stereocenters. The summed E-state index contributed by atoms with van der Waals surface area (Å²) in [4.78, 5) is 15.2. The molecule has 0 aliphatic rings. The lowest BCUT2D eigenvalue weighted by molar-refractivity contribution is 0.0652. The highest BCUT2D eigenvalue weighted by atomic mass is 16.5. The van der Waals surface area contributed by atoms with Crippen LogP contribution in [0.4, 0.5) is 0 Å². The normalized spacial score (nSPS) is 10.7. The minimum Gasteiger partial charge on any atom is -0.492 e. The van der Waals surface area contributed by atoms with Crippen molar-refractivity contribution in [3.63, 3.8) is 0 Å². The summed E-state index contributed by atoms with van der Waals surface area (Å²) in [7, 11) is 0. The number of hydrogen-bond acceptors (Lipinski definition) is 5. The fraction of sp³-hybridized carbons (Fsp3) is 0.133. The number of ether oxygens (including phenoxy) is 1. The van der Waals surface area contributed by atoms with Crippen LogP contribution in [0.25, 0.3) is 22.2 Å². The van der Waals surface area contributed by atoms with Crippen LogP contribution in [0.15, 0.2) is 41.1 Å². The van der Waals surface area contributed by atoms with Crippen LogP contribution in [0.5, 0.6) is 5.75 Å². The van der Waals surface area contributed by atoms with Gasteiger partial charge in [0.25, 0.3) is 0 Å². The lowest BCUT2D eigenvalue weighted by Gasteiger charge is -2.09. The SMILES string of the molecule is CCOc1ccc(-c2cc(C(=O)O)on2)c2cccnc12. The summed E-state index contributed by atoms with van der Waals surface area (Å²) >= 11 is 0. The first kappa shape index (κ1) is 13.1. The number of aromatic carboxylic acids is 1. The van der Waals surface area contributed by atoms with Crippen LogP contribution in [0.1, 0.15) is 17.5 Å². The van der Waals surface area contributed by atoms with Gasteiger partial charge in [0.05, 0.1) is 6.61 Å². The Hall–Kier alpha value is -2.89. The molecule has 6 heteroatoms. The molecule has 0 amide bonds. The molecule has 6 nitrogen and oxygen atoms in total. The average molecular weight is 284 g/mol. The first-order valence-corrected chi connectivity index (χ1v) is 6.41. The standard InChI is InChI=1S/C15H12N2O4/c1-2-20-12-6-5-9(10-4-3-7-16-14(10)12)11-8-13(15(18)19)21-17-11/h3-8H,2H2,1H3,(H,18,19). The first-order chi connectivity index (χ1) is 10.2. The van der Waals surface area contributed by atoms with Crippen molar-refractivity contribution in [2.75, 3.05) is 6.61 Å². The van der Waals surface area contributed by atoms with Crippen molar-refractivity contribution in [3.8, 4) is 17.0 Å². The van der Waals surface area contributed by atoms with Gasteiger partial charge in [-0.15, -0.1) is 0 Å². The number of rotatable bonds is 4. The third-order valence-corrected chi connectivity index (χ3v) is 3.03. The maximum absolute atomic E-state index is 10.9. The second-order valence-electron chi connectivity index (χ2n) is 4.33. The topological polar surface area (TPSA) is 85.5 Å². The lowest BCUT2D eigenvalue weighted by atomic mass is 10.0. The molecule has 106 valence electrons. The summed E-state index contributed by atoms with van der Waals surface area (Å²) in [5.74, 6) is -0.670. The minimum atomic E-state index is -1.15. The Morgan fingerprint density at radius 1 is 1.38 bits per heavy atom. The second-order valence-corrected chi connectivity index (χ2v) is 4.33. The third-order valence-electron chi connectivity index (χ3n) is 3.03. The fourth-order valence-electron chi connectivity index (χ4n) is 2.14. The molecule has 0 bridgehead atoms. The predicted octanol–water partition coefficient (Wildman–Crippen LogP) is 2.99. The van der Waals surface area contributed by atoms with E-state index in [1.807, 2.05) is 19.1 Å². The molecule has 3 aromatic rings. The third kappa shape index (κ3) is 2.31. The van der Waals surface area contributed by atoms with E-state index in [0.717, 1.165) is 10.9 Å². The summed E-state index contributed by atoms with van der Waals surface area (Å²) in [6, 6.07) is 8.70. The van der Waals surface area contributed by atoms with Gasteiger partial charge >= 0.3 is 5.97 Å². The molecule has 0 aliphatic carbocycles. The number of aromatic nitrogens is 2. The van der Waals surface area contributed by atoms with Gasteiger partial charge in [0.2, 0.25) is 5.76 Å². The Bertz CT molecular complexity index is 810. The first-order valence-electron chi connectivity index (χ1n) is 6.41. The molecule has 1 aromatic carbocycles. The summed E-state index contributed by atoms with van der Waals surface area (Å²) in [5, 5.41) is 13.5. The molecular formula is C15H12N2O4. The molecule has 2 aromatic heterocycles. The zero-order valence-corrected chi connectivity index (χ0v) is 11.2. The van der Waals surface area contributed by atoms with Crippen molar-refractivity contribution >= 4 is 16.9 Å². The molecule has 0 unspecified atom stereocenters. The molecule has 1 N–H and O–H groups in total. The minimum absolute atomic E-state index is 0.198. The second kappa shape index (κ2) is 5.24. The van der Waals surface area contributed by atoms with Crippen LogP contribution < -0.4 is 4.74 Å². The van der Waals surface area contributed by atoms with Gasteiger partial charge in [0.15, 0.2) is 0 Å². The van der Waals surface area contributed by atoms with Gasteiger partial charge in [-0.05, 0) is 25.1 Å². The summed E-state index contributed by atoms with van der Waals surface area (Å²) < 4.78 is 10.4. The molecule has 0 fully saturated rings. The van der Waals surface area contributed by atoms with E-state index in [4.69, 9.17) is 14.4 Å². The van der Waals surface area contributed by atoms with Crippen molar-refractivity contribution in [2.45, 2.75) is 6.92 Å². The molecule has 0 radical (unpaired) electrons. The quantitative estimate of drug-likeness (QED) is 0.792. The number of benzene rings is 1. The number of carboxylic acid groups (broad SMARTS) is 1. The number of fused-ring (bicyclic) bond motifs is 1. The van der Waals surface area contributed by atoms with Gasteiger partial charge < -0.3 is 14.4 Å².